The molecule has 0 saturated carbocycles. The highest BCUT2D eigenvalue weighted by molar-refractivity contribution is 7.89. The summed E-state index contributed by atoms with van der Waals surface area (Å²) in [6.45, 7) is 0.520. The summed E-state index contributed by atoms with van der Waals surface area (Å²) in [6, 6.07) is 4.22. The summed E-state index contributed by atoms with van der Waals surface area (Å²) in [5.41, 5.74) is 6.68. The number of nitrogens with two attached hydrogens (primary N) is 2. The molecule has 1 atom stereocenters. The van der Waals surface area contributed by atoms with E-state index in [1.54, 1.807) is 18.0 Å². The summed E-state index contributed by atoms with van der Waals surface area (Å²) in [7, 11) is -0.532. The second kappa shape index (κ2) is 6.20. The molecule has 0 amide bonds. The summed E-state index contributed by atoms with van der Waals surface area (Å²) < 4.78 is 27.2. The summed E-state index contributed by atoms with van der Waals surface area (Å²) in [5.74, 6) is 0. The Labute approximate surface area is 112 Å². The van der Waals surface area contributed by atoms with E-state index in [0.717, 1.165) is 0 Å². The van der Waals surface area contributed by atoms with Crippen molar-refractivity contribution in [2.24, 2.45) is 5.14 Å². The first kappa shape index (κ1) is 15.7. The van der Waals surface area contributed by atoms with Gasteiger partial charge in [0.25, 0.3) is 0 Å². The molecule has 0 aliphatic rings. The Bertz CT molecular complexity index is 533. The summed E-state index contributed by atoms with van der Waals surface area (Å²) in [5, 5.41) is 14.7. The molecule has 7 nitrogen and oxygen atoms in total. The predicted octanol–water partition coefficient (Wildman–Crippen LogP) is -0.640. The zero-order valence-corrected chi connectivity index (χ0v) is 11.7. The minimum atomic E-state index is -3.77. The van der Waals surface area contributed by atoms with Gasteiger partial charge >= 0.3 is 0 Å². The van der Waals surface area contributed by atoms with Crippen LogP contribution in [0.5, 0.6) is 0 Å². The molecule has 1 aromatic rings. The number of rotatable bonds is 6. The van der Waals surface area contributed by atoms with Gasteiger partial charge in [0, 0.05) is 20.7 Å². The second-order valence-electron chi connectivity index (χ2n) is 4.26. The lowest BCUT2D eigenvalue weighted by Gasteiger charge is -2.24. The molecule has 5 N–H and O–H groups in total. The first-order chi connectivity index (χ1) is 8.75. The number of sulfonamides is 1. The minimum Gasteiger partial charge on any atom is -0.397 e. The average Bonchev–Trinajstić information content (AvgIpc) is 2.27. The fourth-order valence-electron chi connectivity index (χ4n) is 1.72. The van der Waals surface area contributed by atoms with Gasteiger partial charge < -0.3 is 20.5 Å². The lowest BCUT2D eigenvalue weighted by atomic mass is 10.2. The van der Waals surface area contributed by atoms with E-state index in [9.17, 15) is 13.5 Å². The van der Waals surface area contributed by atoms with Crippen LogP contribution in [0.4, 0.5) is 11.4 Å². The Morgan fingerprint density at radius 1 is 1.47 bits per heavy atom. The Kier molecular flexibility index (Phi) is 5.12. The van der Waals surface area contributed by atoms with Crippen LogP contribution in [-0.2, 0) is 14.8 Å². The molecule has 0 aliphatic heterocycles. The highest BCUT2D eigenvalue weighted by atomic mass is 32.2. The van der Waals surface area contributed by atoms with E-state index < -0.39 is 16.1 Å². The average molecular weight is 289 g/mol. The van der Waals surface area contributed by atoms with Crippen molar-refractivity contribution < 1.29 is 18.3 Å². The zero-order valence-electron chi connectivity index (χ0n) is 10.9. The normalized spacial score (nSPS) is 13.3. The van der Waals surface area contributed by atoms with Gasteiger partial charge in [0.1, 0.15) is 0 Å². The van der Waals surface area contributed by atoms with Gasteiger partial charge in [-0.15, -0.1) is 0 Å². The van der Waals surface area contributed by atoms with Crippen LogP contribution in [0.3, 0.4) is 0 Å². The van der Waals surface area contributed by atoms with E-state index in [-0.39, 0.29) is 17.2 Å². The fraction of sp³-hybridized carbons (Fsp3) is 0.455. The molecule has 0 spiro atoms. The maximum atomic E-state index is 11.2. The molecule has 0 bridgehead atoms. The van der Waals surface area contributed by atoms with Gasteiger partial charge in [-0.3, -0.25) is 0 Å². The second-order valence-corrected chi connectivity index (χ2v) is 5.82. The van der Waals surface area contributed by atoms with Crippen molar-refractivity contribution in [3.63, 3.8) is 0 Å². The molecule has 0 radical (unpaired) electrons. The fourth-order valence-corrected chi connectivity index (χ4v) is 2.27. The van der Waals surface area contributed by atoms with Crippen LogP contribution >= 0.6 is 0 Å². The molecule has 108 valence electrons. The van der Waals surface area contributed by atoms with Crippen molar-refractivity contribution in [3.8, 4) is 0 Å². The monoisotopic (exact) mass is 289 g/mol. The number of hydrogen-bond acceptors (Lipinski definition) is 6. The van der Waals surface area contributed by atoms with Crippen LogP contribution in [-0.4, -0.2) is 46.9 Å². The quantitative estimate of drug-likeness (QED) is 0.599. The van der Waals surface area contributed by atoms with Crippen LogP contribution in [0.15, 0.2) is 23.1 Å². The third kappa shape index (κ3) is 4.35. The molecule has 1 aromatic carbocycles. The summed E-state index contributed by atoms with van der Waals surface area (Å²) in [4.78, 5) is 1.67. The Hall–Kier alpha value is -1.35. The number of anilines is 2. The molecule has 0 fully saturated rings. The highest BCUT2D eigenvalue weighted by Gasteiger charge is 2.14. The molecule has 1 rings (SSSR count). The third-order valence-corrected chi connectivity index (χ3v) is 3.49. The van der Waals surface area contributed by atoms with Crippen molar-refractivity contribution in [2.75, 3.05) is 37.9 Å². The first-order valence-electron chi connectivity index (χ1n) is 5.56. The molecule has 0 saturated heterocycles. The number of aliphatic hydroxyl groups is 1. The number of nitrogen functional groups attached to an aromatic ring is 1. The van der Waals surface area contributed by atoms with Gasteiger partial charge in [-0.2, -0.15) is 0 Å². The van der Waals surface area contributed by atoms with E-state index in [1.807, 2.05) is 0 Å². The van der Waals surface area contributed by atoms with Crippen molar-refractivity contribution in [3.05, 3.63) is 18.2 Å². The van der Waals surface area contributed by atoms with Gasteiger partial charge in [0.2, 0.25) is 10.0 Å². The van der Waals surface area contributed by atoms with E-state index in [2.05, 4.69) is 0 Å². The van der Waals surface area contributed by atoms with Crippen LogP contribution in [0.1, 0.15) is 0 Å². The molecule has 1 unspecified atom stereocenters. The van der Waals surface area contributed by atoms with Crippen molar-refractivity contribution in [2.45, 2.75) is 11.0 Å². The Morgan fingerprint density at radius 3 is 2.58 bits per heavy atom. The Morgan fingerprint density at radius 2 is 2.11 bits per heavy atom. The maximum absolute atomic E-state index is 11.2. The number of benzene rings is 1. The summed E-state index contributed by atoms with van der Waals surface area (Å²) in [6.07, 6.45) is -0.660. The van der Waals surface area contributed by atoms with Crippen LogP contribution in [0, 0.1) is 0 Å². The molecule has 19 heavy (non-hydrogen) atoms. The number of methoxy groups -OCH3 is 1. The van der Waals surface area contributed by atoms with Gasteiger partial charge in [-0.1, -0.05) is 0 Å². The van der Waals surface area contributed by atoms with Gasteiger partial charge in [-0.05, 0) is 18.2 Å². The number of likely N-dealkylation sites (N-methyl/N-ethyl adjacent to an activating group) is 1. The maximum Gasteiger partial charge on any atom is 0.238 e. The topological polar surface area (TPSA) is 119 Å². The van der Waals surface area contributed by atoms with Crippen LogP contribution < -0.4 is 15.8 Å². The largest absolute Gasteiger partial charge is 0.397 e. The van der Waals surface area contributed by atoms with E-state index in [4.69, 9.17) is 15.6 Å². The number of aliphatic hydroxyl groups excluding tert-OH is 1. The lowest BCUT2D eigenvalue weighted by Crippen LogP contribution is -2.32. The molecule has 8 heteroatoms. The first-order valence-corrected chi connectivity index (χ1v) is 7.10. The number of ether oxygens (including phenoxy) is 1. The van der Waals surface area contributed by atoms with Crippen LogP contribution in [0.25, 0.3) is 0 Å². The predicted molar refractivity (Wildman–Crippen MR) is 73.4 cm³/mol. The SMILES string of the molecule is COCC(O)CN(C)c1ccc(S(N)(=O)=O)cc1N. The van der Waals surface area contributed by atoms with Gasteiger partial charge in [-0.25, -0.2) is 13.6 Å². The van der Waals surface area contributed by atoms with Crippen molar-refractivity contribution in [1.82, 2.24) is 0 Å². The molecule has 0 heterocycles. The third-order valence-electron chi connectivity index (χ3n) is 2.58. The lowest BCUT2D eigenvalue weighted by molar-refractivity contribution is 0.0695. The van der Waals surface area contributed by atoms with E-state index in [0.29, 0.717) is 12.2 Å². The van der Waals surface area contributed by atoms with Gasteiger partial charge in [0.05, 0.1) is 29.0 Å². The highest BCUT2D eigenvalue weighted by Crippen LogP contribution is 2.25. The molecule has 0 aliphatic carbocycles. The molecule has 0 aromatic heterocycles. The van der Waals surface area contributed by atoms with E-state index in [1.165, 1.54) is 19.2 Å². The smallest absolute Gasteiger partial charge is 0.238 e. The molecular weight excluding hydrogens is 270 g/mol. The zero-order chi connectivity index (χ0) is 14.6. The standard InChI is InChI=1S/C11H19N3O4S/c1-14(6-8(15)7-18-2)11-4-3-9(5-10(11)12)19(13,16)17/h3-5,8,15H,6-7,12H2,1-2H3,(H2,13,16,17). The van der Waals surface area contributed by atoms with Crippen molar-refractivity contribution in [1.29, 1.82) is 0 Å². The number of primary sulfonamides is 1. The van der Waals surface area contributed by atoms with E-state index >= 15 is 0 Å². The van der Waals surface area contributed by atoms with Crippen molar-refractivity contribution >= 4 is 21.4 Å². The molecular formula is C11H19N3O4S. The number of nitrogens with zero attached hydrogens (tertiary/aromatic N) is 1. The minimum absolute atomic E-state index is 0.0420. The van der Waals surface area contributed by atoms with Crippen LogP contribution in [0.2, 0.25) is 0 Å². The number of hydrogen-bond donors (Lipinski definition) is 3. The Balaban J connectivity index is 2.90. The van der Waals surface area contributed by atoms with Gasteiger partial charge in [0.15, 0.2) is 0 Å². The summed E-state index contributed by atoms with van der Waals surface area (Å²) >= 11 is 0.